The minimum Gasteiger partial charge on any atom is -0.409 e. The Labute approximate surface area is 112 Å². The summed E-state index contributed by atoms with van der Waals surface area (Å²) in [6.45, 7) is 7.17. The lowest BCUT2D eigenvalue weighted by Crippen LogP contribution is -2.26. The van der Waals surface area contributed by atoms with Crippen molar-refractivity contribution in [1.29, 1.82) is 0 Å². The molecule has 5 nitrogen and oxygen atoms in total. The van der Waals surface area contributed by atoms with Crippen LogP contribution in [0.3, 0.4) is 0 Å². The third-order valence-corrected chi connectivity index (χ3v) is 2.50. The van der Waals surface area contributed by atoms with Gasteiger partial charge < -0.3 is 16.7 Å². The van der Waals surface area contributed by atoms with E-state index in [4.69, 9.17) is 16.7 Å². The Morgan fingerprint density at radius 3 is 2.21 bits per heavy atom. The largest absolute Gasteiger partial charge is 0.409 e. The Morgan fingerprint density at radius 2 is 1.74 bits per heavy atom. The molecule has 100 valence electrons. The minimum atomic E-state index is -0.0978. The summed E-state index contributed by atoms with van der Waals surface area (Å²) < 4.78 is 0. The van der Waals surface area contributed by atoms with Gasteiger partial charge in [0.15, 0.2) is 5.84 Å². The highest BCUT2D eigenvalue weighted by molar-refractivity contribution is 6.48. The second-order valence-corrected chi connectivity index (χ2v) is 4.09. The van der Waals surface area contributed by atoms with Crippen molar-refractivity contribution in [3.63, 3.8) is 0 Å². The molecule has 0 heterocycles. The van der Waals surface area contributed by atoms with E-state index in [9.17, 15) is 0 Å². The van der Waals surface area contributed by atoms with E-state index in [-0.39, 0.29) is 5.84 Å². The maximum absolute atomic E-state index is 8.81. The molecule has 0 saturated carbocycles. The summed E-state index contributed by atoms with van der Waals surface area (Å²) in [7, 11) is 0. The first-order chi connectivity index (χ1) is 8.97. The molecule has 0 saturated heterocycles. The molecule has 0 aliphatic rings. The standard InChI is InChI=1S/C14H18N4O/c1-9(2)17-13(14(16)18-19)10(3)12(15)11-7-5-4-6-8-11/h4-8,19H,1,15H2,2-3H3,(H2,16,18)/b12-10-,17-13?. The number of allylic oxidation sites excluding steroid dienone is 1. The number of aliphatic imine (C=N–C) groups is 1. The number of oxime groups is 1. The SMILES string of the molecule is C=C(C)N=C(/C(N)=N/O)/C(C)=C(\N)c1ccccc1. The third kappa shape index (κ3) is 3.70. The first-order valence-electron chi connectivity index (χ1n) is 5.71. The van der Waals surface area contributed by atoms with E-state index in [1.54, 1.807) is 13.8 Å². The lowest BCUT2D eigenvalue weighted by molar-refractivity contribution is 0.319. The molecule has 1 rings (SSSR count). The van der Waals surface area contributed by atoms with Crippen molar-refractivity contribution in [2.75, 3.05) is 0 Å². The van der Waals surface area contributed by atoms with E-state index < -0.39 is 0 Å². The molecular formula is C14H18N4O. The van der Waals surface area contributed by atoms with Crippen molar-refractivity contribution >= 4 is 17.2 Å². The van der Waals surface area contributed by atoms with Crippen LogP contribution in [0.2, 0.25) is 0 Å². The molecule has 1 aromatic carbocycles. The van der Waals surface area contributed by atoms with Gasteiger partial charge >= 0.3 is 0 Å². The Kier molecular flexibility index (Phi) is 4.88. The summed E-state index contributed by atoms with van der Waals surface area (Å²) in [6, 6.07) is 9.43. The second kappa shape index (κ2) is 6.39. The smallest absolute Gasteiger partial charge is 0.189 e. The van der Waals surface area contributed by atoms with Crippen LogP contribution >= 0.6 is 0 Å². The van der Waals surface area contributed by atoms with Crippen LogP contribution in [0, 0.1) is 0 Å². The number of nitrogens with two attached hydrogens (primary N) is 2. The predicted octanol–water partition coefficient (Wildman–Crippen LogP) is 2.10. The second-order valence-electron chi connectivity index (χ2n) is 4.09. The molecule has 0 aliphatic carbocycles. The Hall–Kier alpha value is -2.56. The lowest BCUT2D eigenvalue weighted by atomic mass is 10.0. The van der Waals surface area contributed by atoms with Crippen LogP contribution in [-0.4, -0.2) is 16.8 Å². The molecule has 19 heavy (non-hydrogen) atoms. The molecule has 0 fully saturated rings. The van der Waals surface area contributed by atoms with Gasteiger partial charge in [0.1, 0.15) is 5.71 Å². The third-order valence-electron chi connectivity index (χ3n) is 2.50. The average Bonchev–Trinajstić information content (AvgIpc) is 2.43. The van der Waals surface area contributed by atoms with Gasteiger partial charge in [0.25, 0.3) is 0 Å². The number of benzene rings is 1. The number of amidine groups is 1. The van der Waals surface area contributed by atoms with Gasteiger partial charge in [-0.3, -0.25) is 4.99 Å². The zero-order valence-electron chi connectivity index (χ0n) is 11.1. The van der Waals surface area contributed by atoms with Gasteiger partial charge in [-0.2, -0.15) is 0 Å². The number of rotatable bonds is 4. The molecule has 0 spiro atoms. The van der Waals surface area contributed by atoms with Gasteiger partial charge in [-0.05, 0) is 19.4 Å². The van der Waals surface area contributed by atoms with Crippen molar-refractivity contribution in [3.05, 3.63) is 53.7 Å². The quantitative estimate of drug-likeness (QED) is 0.334. The van der Waals surface area contributed by atoms with Gasteiger partial charge in [-0.25, -0.2) is 0 Å². The molecule has 1 aromatic rings. The van der Waals surface area contributed by atoms with Crippen molar-refractivity contribution < 1.29 is 5.21 Å². The average molecular weight is 258 g/mol. The van der Waals surface area contributed by atoms with Crippen molar-refractivity contribution in [1.82, 2.24) is 0 Å². The number of nitrogens with zero attached hydrogens (tertiary/aromatic N) is 2. The van der Waals surface area contributed by atoms with E-state index in [1.807, 2.05) is 30.3 Å². The number of hydrogen-bond acceptors (Lipinski definition) is 4. The fraction of sp³-hybridized carbons (Fsp3) is 0.143. The van der Waals surface area contributed by atoms with Gasteiger partial charge in [0.2, 0.25) is 0 Å². The van der Waals surface area contributed by atoms with Crippen LogP contribution in [-0.2, 0) is 0 Å². The monoisotopic (exact) mass is 258 g/mol. The summed E-state index contributed by atoms with van der Waals surface area (Å²) in [4.78, 5) is 4.16. The molecular weight excluding hydrogens is 240 g/mol. The van der Waals surface area contributed by atoms with Gasteiger partial charge in [-0.15, -0.1) is 0 Å². The summed E-state index contributed by atoms with van der Waals surface area (Å²) in [6.07, 6.45) is 0. The molecule has 0 aromatic heterocycles. The molecule has 0 bridgehead atoms. The summed E-state index contributed by atoms with van der Waals surface area (Å²) in [5, 5.41) is 11.8. The van der Waals surface area contributed by atoms with Crippen LogP contribution in [0.1, 0.15) is 19.4 Å². The first kappa shape index (κ1) is 14.5. The van der Waals surface area contributed by atoms with Crippen LogP contribution in [0.25, 0.3) is 5.70 Å². The van der Waals surface area contributed by atoms with Crippen LogP contribution in [0.5, 0.6) is 0 Å². The molecule has 0 radical (unpaired) electrons. The van der Waals surface area contributed by atoms with Gasteiger partial charge in [0, 0.05) is 17.0 Å². The normalized spacial score (nSPS) is 14.0. The van der Waals surface area contributed by atoms with Gasteiger partial charge in [0.05, 0.1) is 0 Å². The molecule has 5 heteroatoms. The topological polar surface area (TPSA) is 97.0 Å². The first-order valence-corrected chi connectivity index (χ1v) is 5.71. The van der Waals surface area contributed by atoms with Crippen LogP contribution in [0.4, 0.5) is 0 Å². The molecule has 0 aliphatic heterocycles. The van der Waals surface area contributed by atoms with E-state index in [0.717, 1.165) is 5.56 Å². The molecule has 0 unspecified atom stereocenters. The van der Waals surface area contributed by atoms with Gasteiger partial charge in [-0.1, -0.05) is 42.1 Å². The molecule has 0 atom stereocenters. The minimum absolute atomic E-state index is 0.0978. The van der Waals surface area contributed by atoms with E-state index in [2.05, 4.69) is 16.7 Å². The van der Waals surface area contributed by atoms with Crippen molar-refractivity contribution in [2.24, 2.45) is 21.6 Å². The Balaban J connectivity index is 3.34. The van der Waals surface area contributed by atoms with Crippen molar-refractivity contribution in [2.45, 2.75) is 13.8 Å². The molecule has 0 amide bonds. The lowest BCUT2D eigenvalue weighted by Gasteiger charge is -2.10. The predicted molar refractivity (Wildman–Crippen MR) is 78.9 cm³/mol. The zero-order valence-corrected chi connectivity index (χ0v) is 11.1. The maximum Gasteiger partial charge on any atom is 0.189 e. The summed E-state index contributed by atoms with van der Waals surface area (Å²) >= 11 is 0. The highest BCUT2D eigenvalue weighted by atomic mass is 16.4. The van der Waals surface area contributed by atoms with Crippen molar-refractivity contribution in [3.8, 4) is 0 Å². The highest BCUT2D eigenvalue weighted by Gasteiger charge is 2.13. The van der Waals surface area contributed by atoms with E-state index >= 15 is 0 Å². The van der Waals surface area contributed by atoms with Crippen LogP contribution in [0.15, 0.2) is 58.3 Å². The Morgan fingerprint density at radius 1 is 1.16 bits per heavy atom. The zero-order chi connectivity index (χ0) is 14.4. The Bertz CT molecular complexity index is 556. The summed E-state index contributed by atoms with van der Waals surface area (Å²) in [5.41, 5.74) is 14.6. The fourth-order valence-electron chi connectivity index (χ4n) is 1.53. The fourth-order valence-corrected chi connectivity index (χ4v) is 1.53. The van der Waals surface area contributed by atoms with E-state index in [1.165, 1.54) is 0 Å². The maximum atomic E-state index is 8.81. The van der Waals surface area contributed by atoms with E-state index in [0.29, 0.717) is 22.7 Å². The number of hydrogen-bond donors (Lipinski definition) is 3. The van der Waals surface area contributed by atoms with Crippen LogP contribution < -0.4 is 11.5 Å². The molecule has 5 N–H and O–H groups in total. The highest BCUT2D eigenvalue weighted by Crippen LogP contribution is 2.15. The summed E-state index contributed by atoms with van der Waals surface area (Å²) in [5.74, 6) is -0.0978.